The summed E-state index contributed by atoms with van der Waals surface area (Å²) in [7, 11) is 0. The van der Waals surface area contributed by atoms with Gasteiger partial charge in [0.05, 0.1) is 0 Å². The topological polar surface area (TPSA) is 12.0 Å². The maximum absolute atomic E-state index is 6.00. The van der Waals surface area contributed by atoms with Gasteiger partial charge in [-0.3, -0.25) is 0 Å². The van der Waals surface area contributed by atoms with E-state index in [0.29, 0.717) is 0 Å². The SMILES string of the molecule is C=C(C)CCNc1ccc(C)c(Cl)c1. The van der Waals surface area contributed by atoms with Gasteiger partial charge in [-0.25, -0.2) is 0 Å². The smallest absolute Gasteiger partial charge is 0.0455 e. The largest absolute Gasteiger partial charge is 0.385 e. The molecule has 0 saturated carbocycles. The minimum absolute atomic E-state index is 0.810. The molecule has 1 aromatic carbocycles. The maximum atomic E-state index is 6.00. The van der Waals surface area contributed by atoms with Crippen LogP contribution in [0.2, 0.25) is 5.02 Å². The highest BCUT2D eigenvalue weighted by molar-refractivity contribution is 6.31. The Bertz CT molecular complexity index is 331. The van der Waals surface area contributed by atoms with E-state index in [1.165, 1.54) is 5.57 Å². The molecule has 0 atom stereocenters. The Morgan fingerprint density at radius 1 is 1.50 bits per heavy atom. The van der Waals surface area contributed by atoms with Crippen molar-refractivity contribution in [2.75, 3.05) is 11.9 Å². The monoisotopic (exact) mass is 209 g/mol. The molecule has 1 N–H and O–H groups in total. The molecule has 0 bridgehead atoms. The molecule has 0 saturated heterocycles. The van der Waals surface area contributed by atoms with E-state index >= 15 is 0 Å². The quantitative estimate of drug-likeness (QED) is 0.739. The van der Waals surface area contributed by atoms with E-state index in [2.05, 4.69) is 11.9 Å². The summed E-state index contributed by atoms with van der Waals surface area (Å²) in [4.78, 5) is 0. The Kier molecular flexibility index (Phi) is 4.02. The molecule has 2 heteroatoms. The van der Waals surface area contributed by atoms with Gasteiger partial charge in [-0.05, 0) is 38.0 Å². The molecular weight excluding hydrogens is 194 g/mol. The van der Waals surface area contributed by atoms with Gasteiger partial charge in [0.1, 0.15) is 0 Å². The van der Waals surface area contributed by atoms with Crippen molar-refractivity contribution in [3.63, 3.8) is 0 Å². The van der Waals surface area contributed by atoms with Crippen LogP contribution in [0.25, 0.3) is 0 Å². The number of anilines is 1. The summed E-state index contributed by atoms with van der Waals surface area (Å²) < 4.78 is 0. The predicted octanol–water partition coefficient (Wildman–Crippen LogP) is 4.03. The Morgan fingerprint density at radius 3 is 2.79 bits per heavy atom. The second-order valence-corrected chi connectivity index (χ2v) is 4.01. The summed E-state index contributed by atoms with van der Waals surface area (Å²) in [5.74, 6) is 0. The molecule has 14 heavy (non-hydrogen) atoms. The molecular formula is C12H16ClN. The van der Waals surface area contributed by atoms with Gasteiger partial charge in [-0.1, -0.05) is 23.2 Å². The zero-order chi connectivity index (χ0) is 10.6. The van der Waals surface area contributed by atoms with Crippen molar-refractivity contribution in [1.29, 1.82) is 0 Å². The fourth-order valence-corrected chi connectivity index (χ4v) is 1.30. The molecule has 1 rings (SSSR count). The average Bonchev–Trinajstić information content (AvgIpc) is 2.10. The van der Waals surface area contributed by atoms with E-state index < -0.39 is 0 Å². The summed E-state index contributed by atoms with van der Waals surface area (Å²) >= 11 is 6.00. The van der Waals surface area contributed by atoms with Gasteiger partial charge in [-0.2, -0.15) is 0 Å². The third-order valence-corrected chi connectivity index (χ3v) is 2.46. The minimum Gasteiger partial charge on any atom is -0.385 e. The lowest BCUT2D eigenvalue weighted by Gasteiger charge is -2.07. The van der Waals surface area contributed by atoms with E-state index in [9.17, 15) is 0 Å². The van der Waals surface area contributed by atoms with Crippen molar-refractivity contribution in [3.8, 4) is 0 Å². The Balaban J connectivity index is 2.51. The Hall–Kier alpha value is -0.950. The first-order chi connectivity index (χ1) is 6.59. The van der Waals surface area contributed by atoms with Gasteiger partial charge >= 0.3 is 0 Å². The third-order valence-electron chi connectivity index (χ3n) is 2.05. The Labute approximate surface area is 90.8 Å². The molecule has 0 unspecified atom stereocenters. The standard InChI is InChI=1S/C12H16ClN/c1-9(2)6-7-14-11-5-4-10(3)12(13)8-11/h4-5,8,14H,1,6-7H2,2-3H3. The highest BCUT2D eigenvalue weighted by atomic mass is 35.5. The predicted molar refractivity (Wildman–Crippen MR) is 64.1 cm³/mol. The summed E-state index contributed by atoms with van der Waals surface area (Å²) in [5.41, 5.74) is 3.37. The second kappa shape index (κ2) is 5.06. The molecule has 0 fully saturated rings. The van der Waals surface area contributed by atoms with Crippen LogP contribution in [0.15, 0.2) is 30.4 Å². The molecule has 1 nitrogen and oxygen atoms in total. The lowest BCUT2D eigenvalue weighted by atomic mass is 10.2. The van der Waals surface area contributed by atoms with Gasteiger partial charge in [0.25, 0.3) is 0 Å². The van der Waals surface area contributed by atoms with Gasteiger partial charge in [-0.15, -0.1) is 6.58 Å². The van der Waals surface area contributed by atoms with Crippen LogP contribution in [-0.4, -0.2) is 6.54 Å². The van der Waals surface area contributed by atoms with Crippen molar-refractivity contribution in [3.05, 3.63) is 40.9 Å². The van der Waals surface area contributed by atoms with E-state index in [4.69, 9.17) is 11.6 Å². The zero-order valence-electron chi connectivity index (χ0n) is 8.73. The lowest BCUT2D eigenvalue weighted by molar-refractivity contribution is 1.00. The Morgan fingerprint density at radius 2 is 2.21 bits per heavy atom. The molecule has 76 valence electrons. The van der Waals surface area contributed by atoms with E-state index in [0.717, 1.165) is 29.2 Å². The van der Waals surface area contributed by atoms with Gasteiger partial charge in [0.2, 0.25) is 0 Å². The highest BCUT2D eigenvalue weighted by Crippen LogP contribution is 2.19. The first kappa shape index (κ1) is 11.1. The number of hydrogen-bond acceptors (Lipinski definition) is 1. The summed E-state index contributed by atoms with van der Waals surface area (Å²) in [5, 5.41) is 4.11. The van der Waals surface area contributed by atoms with Crippen LogP contribution in [0.4, 0.5) is 5.69 Å². The van der Waals surface area contributed by atoms with Crippen LogP contribution < -0.4 is 5.32 Å². The van der Waals surface area contributed by atoms with Crippen molar-refractivity contribution >= 4 is 17.3 Å². The first-order valence-electron chi connectivity index (χ1n) is 4.74. The van der Waals surface area contributed by atoms with Crippen LogP contribution in [0.1, 0.15) is 18.9 Å². The number of halogens is 1. The third kappa shape index (κ3) is 3.43. The van der Waals surface area contributed by atoms with Crippen molar-refractivity contribution in [2.24, 2.45) is 0 Å². The van der Waals surface area contributed by atoms with Crippen LogP contribution in [0.3, 0.4) is 0 Å². The van der Waals surface area contributed by atoms with Gasteiger partial charge in [0.15, 0.2) is 0 Å². The number of aryl methyl sites for hydroxylation is 1. The highest BCUT2D eigenvalue weighted by Gasteiger charge is 1.96. The normalized spacial score (nSPS) is 9.93. The fraction of sp³-hybridized carbons (Fsp3) is 0.333. The molecule has 0 spiro atoms. The molecule has 0 aliphatic heterocycles. The average molecular weight is 210 g/mol. The second-order valence-electron chi connectivity index (χ2n) is 3.60. The summed E-state index contributed by atoms with van der Waals surface area (Å²) in [6.45, 7) is 8.79. The molecule has 1 aromatic rings. The molecule has 0 aliphatic carbocycles. The summed E-state index contributed by atoms with van der Waals surface area (Å²) in [6, 6.07) is 6.01. The van der Waals surface area contributed by atoms with Gasteiger partial charge in [0, 0.05) is 17.3 Å². The van der Waals surface area contributed by atoms with Crippen molar-refractivity contribution in [1.82, 2.24) is 0 Å². The van der Waals surface area contributed by atoms with E-state index in [1.807, 2.05) is 32.0 Å². The number of nitrogens with one attached hydrogen (secondary N) is 1. The molecule has 0 aliphatic rings. The van der Waals surface area contributed by atoms with Crippen molar-refractivity contribution in [2.45, 2.75) is 20.3 Å². The fourth-order valence-electron chi connectivity index (χ4n) is 1.12. The molecule has 0 aromatic heterocycles. The van der Waals surface area contributed by atoms with Crippen LogP contribution in [0, 0.1) is 6.92 Å². The van der Waals surface area contributed by atoms with E-state index in [-0.39, 0.29) is 0 Å². The van der Waals surface area contributed by atoms with Crippen LogP contribution in [0.5, 0.6) is 0 Å². The first-order valence-corrected chi connectivity index (χ1v) is 5.12. The molecule has 0 amide bonds. The van der Waals surface area contributed by atoms with Gasteiger partial charge < -0.3 is 5.32 Å². The van der Waals surface area contributed by atoms with Crippen LogP contribution in [-0.2, 0) is 0 Å². The molecule has 0 heterocycles. The number of benzene rings is 1. The summed E-state index contributed by atoms with van der Waals surface area (Å²) in [6.07, 6.45) is 0.992. The minimum atomic E-state index is 0.810. The number of hydrogen-bond donors (Lipinski definition) is 1. The van der Waals surface area contributed by atoms with E-state index in [1.54, 1.807) is 0 Å². The zero-order valence-corrected chi connectivity index (χ0v) is 9.49. The number of rotatable bonds is 4. The maximum Gasteiger partial charge on any atom is 0.0455 e. The molecule has 0 radical (unpaired) electrons. The lowest BCUT2D eigenvalue weighted by Crippen LogP contribution is -2.01. The van der Waals surface area contributed by atoms with Crippen LogP contribution >= 0.6 is 11.6 Å². The van der Waals surface area contributed by atoms with Crippen molar-refractivity contribution < 1.29 is 0 Å².